The number of nitrogens with zero attached hydrogens (tertiary/aromatic N) is 1. The molecule has 0 fully saturated rings. The van der Waals surface area contributed by atoms with Crippen LogP contribution in [0.15, 0.2) is 30.5 Å². The van der Waals surface area contributed by atoms with Gasteiger partial charge in [0.05, 0.1) is 11.7 Å². The zero-order valence-electron chi connectivity index (χ0n) is 16.1. The molecule has 2 aromatic rings. The summed E-state index contributed by atoms with van der Waals surface area (Å²) >= 11 is 5.71. The average molecular weight is 465 g/mol. The van der Waals surface area contributed by atoms with Crippen LogP contribution in [0.3, 0.4) is 0 Å². The fraction of sp³-hybridized carbons (Fsp3) is 0.316. The van der Waals surface area contributed by atoms with Gasteiger partial charge in [0.2, 0.25) is 0 Å². The van der Waals surface area contributed by atoms with Gasteiger partial charge in [-0.1, -0.05) is 11.6 Å². The highest BCUT2D eigenvalue weighted by molar-refractivity contribution is 6.30. The Morgan fingerprint density at radius 2 is 2.03 bits per heavy atom. The van der Waals surface area contributed by atoms with Gasteiger partial charge in [-0.15, -0.1) is 0 Å². The molecule has 1 amide bonds. The highest BCUT2D eigenvalue weighted by Gasteiger charge is 2.44. The summed E-state index contributed by atoms with van der Waals surface area (Å²) in [6.07, 6.45) is -7.35. The average Bonchev–Trinajstić information content (AvgIpc) is 2.67. The van der Waals surface area contributed by atoms with Gasteiger partial charge in [-0.05, 0) is 42.3 Å². The number of anilines is 1. The number of hydrogen-bond donors (Lipinski definition) is 3. The zero-order chi connectivity index (χ0) is 23.3. The van der Waals surface area contributed by atoms with Gasteiger partial charge in [0.1, 0.15) is 11.5 Å². The number of carbonyl (C=O) groups is 1. The Hall–Kier alpha value is -2.95. The molecule has 31 heavy (non-hydrogen) atoms. The van der Waals surface area contributed by atoms with Crippen molar-refractivity contribution in [3.63, 3.8) is 0 Å². The van der Waals surface area contributed by atoms with Gasteiger partial charge in [-0.3, -0.25) is 14.6 Å². The SMILES string of the molecule is Cc1cc(NC(=O)c2ccc(Cl)cn2)cc([C@H](CF)C[C@H](OC(=N)N)C(F)(F)F)c1F. The number of alkyl halides is 4. The summed E-state index contributed by atoms with van der Waals surface area (Å²) in [5, 5.41) is 9.66. The Labute approximate surface area is 179 Å². The molecule has 0 spiro atoms. The molecule has 0 unspecified atom stereocenters. The molecule has 1 heterocycles. The van der Waals surface area contributed by atoms with Crippen molar-refractivity contribution in [1.82, 2.24) is 4.98 Å². The molecule has 2 atom stereocenters. The summed E-state index contributed by atoms with van der Waals surface area (Å²) in [5.74, 6) is -3.18. The van der Waals surface area contributed by atoms with Crippen molar-refractivity contribution < 1.29 is 31.5 Å². The summed E-state index contributed by atoms with van der Waals surface area (Å²) in [5.41, 5.74) is 4.49. The normalized spacial score (nSPS) is 13.4. The van der Waals surface area contributed by atoms with E-state index in [1.54, 1.807) is 0 Å². The van der Waals surface area contributed by atoms with Crippen LogP contribution in [-0.2, 0) is 4.74 Å². The smallest absolute Gasteiger partial charge is 0.425 e. The number of benzene rings is 1. The number of ether oxygens (including phenoxy) is 1. The van der Waals surface area contributed by atoms with E-state index < -0.39 is 49.0 Å². The number of nitrogens with two attached hydrogens (primary N) is 1. The van der Waals surface area contributed by atoms with Crippen LogP contribution < -0.4 is 11.1 Å². The highest BCUT2D eigenvalue weighted by Crippen LogP contribution is 2.35. The van der Waals surface area contributed by atoms with Crippen molar-refractivity contribution in [3.8, 4) is 0 Å². The fourth-order valence-electron chi connectivity index (χ4n) is 2.80. The topological polar surface area (TPSA) is 101 Å². The number of aryl methyl sites for hydroxylation is 1. The van der Waals surface area contributed by atoms with Crippen LogP contribution in [0.1, 0.15) is 34.0 Å². The van der Waals surface area contributed by atoms with Crippen LogP contribution in [0.5, 0.6) is 0 Å². The number of rotatable bonds is 7. The maximum Gasteiger partial charge on any atom is 0.425 e. The first-order chi connectivity index (χ1) is 14.4. The van der Waals surface area contributed by atoms with Crippen molar-refractivity contribution >= 4 is 29.2 Å². The van der Waals surface area contributed by atoms with Gasteiger partial charge in [-0.2, -0.15) is 13.2 Å². The van der Waals surface area contributed by atoms with Crippen LogP contribution >= 0.6 is 11.6 Å². The number of aromatic nitrogens is 1. The van der Waals surface area contributed by atoms with E-state index in [0.717, 1.165) is 6.07 Å². The summed E-state index contributed by atoms with van der Waals surface area (Å²) in [6, 6.07) is 3.85. The van der Waals surface area contributed by atoms with Crippen molar-refractivity contribution in [2.45, 2.75) is 31.5 Å². The molecule has 0 aliphatic carbocycles. The molecule has 0 radical (unpaired) electrons. The number of carbonyl (C=O) groups excluding carboxylic acids is 1. The molecule has 0 aliphatic rings. The molecular formula is C19H18ClF5N4O2. The van der Waals surface area contributed by atoms with E-state index in [1.807, 2.05) is 0 Å². The molecule has 0 bridgehead atoms. The maximum absolute atomic E-state index is 14.6. The predicted molar refractivity (Wildman–Crippen MR) is 105 cm³/mol. The first kappa shape index (κ1) is 24.3. The maximum atomic E-state index is 14.6. The van der Waals surface area contributed by atoms with E-state index in [4.69, 9.17) is 22.7 Å². The van der Waals surface area contributed by atoms with Crippen molar-refractivity contribution in [2.24, 2.45) is 5.73 Å². The molecule has 1 aromatic heterocycles. The van der Waals surface area contributed by atoms with Gasteiger partial charge in [0.25, 0.3) is 11.9 Å². The van der Waals surface area contributed by atoms with E-state index in [-0.39, 0.29) is 22.5 Å². The molecular weight excluding hydrogens is 447 g/mol. The molecule has 0 saturated carbocycles. The molecule has 12 heteroatoms. The summed E-state index contributed by atoms with van der Waals surface area (Å²) in [6.45, 7) is -0.0298. The lowest BCUT2D eigenvalue weighted by Gasteiger charge is -2.25. The highest BCUT2D eigenvalue weighted by atomic mass is 35.5. The van der Waals surface area contributed by atoms with Crippen molar-refractivity contribution in [2.75, 3.05) is 12.0 Å². The van der Waals surface area contributed by atoms with E-state index in [0.29, 0.717) is 5.02 Å². The van der Waals surface area contributed by atoms with Gasteiger partial charge < -0.3 is 15.8 Å². The van der Waals surface area contributed by atoms with Crippen molar-refractivity contribution in [1.29, 1.82) is 5.41 Å². The number of amides is 1. The molecule has 0 saturated heterocycles. The van der Waals surface area contributed by atoms with Crippen LogP contribution in [0.25, 0.3) is 0 Å². The van der Waals surface area contributed by atoms with Gasteiger partial charge >= 0.3 is 6.18 Å². The molecule has 1 aromatic carbocycles. The minimum atomic E-state index is -4.96. The fourth-order valence-corrected chi connectivity index (χ4v) is 2.92. The van der Waals surface area contributed by atoms with Crippen LogP contribution in [0.2, 0.25) is 5.02 Å². The molecule has 2 rings (SSSR count). The third kappa shape index (κ3) is 6.51. The Bertz CT molecular complexity index is 954. The standard InChI is InChI=1S/C19H18ClF5N4O2/c1-9-4-12(29-17(30)14-3-2-11(20)8-28-14)6-13(16(9)22)10(7-21)5-15(19(23,24)25)31-18(26)27/h2-4,6,8,10,15H,5,7H2,1H3,(H3,26,27)(H,29,30)/t10-,15-/m0/s1. The lowest BCUT2D eigenvalue weighted by Crippen LogP contribution is -2.37. The zero-order valence-corrected chi connectivity index (χ0v) is 16.8. The van der Waals surface area contributed by atoms with Crippen LogP contribution in [-0.4, -0.2) is 35.9 Å². The van der Waals surface area contributed by atoms with E-state index in [9.17, 15) is 26.7 Å². The minimum Gasteiger partial charge on any atom is -0.453 e. The van der Waals surface area contributed by atoms with E-state index >= 15 is 0 Å². The Morgan fingerprint density at radius 1 is 1.35 bits per heavy atom. The third-order valence-corrected chi connectivity index (χ3v) is 4.48. The summed E-state index contributed by atoms with van der Waals surface area (Å²) in [4.78, 5) is 16.1. The first-order valence-corrected chi connectivity index (χ1v) is 9.16. The summed E-state index contributed by atoms with van der Waals surface area (Å²) in [7, 11) is 0. The van der Waals surface area contributed by atoms with Crippen LogP contribution in [0, 0.1) is 18.2 Å². The molecule has 0 aliphatic heterocycles. The lowest BCUT2D eigenvalue weighted by molar-refractivity contribution is -0.202. The second kappa shape index (κ2) is 9.90. The predicted octanol–water partition coefficient (Wildman–Crippen LogP) is 4.72. The molecule has 168 valence electrons. The number of halogens is 6. The van der Waals surface area contributed by atoms with Crippen LogP contribution in [0.4, 0.5) is 27.6 Å². The third-order valence-electron chi connectivity index (χ3n) is 4.26. The van der Waals surface area contributed by atoms with E-state index in [2.05, 4.69) is 15.0 Å². The van der Waals surface area contributed by atoms with Gasteiger partial charge in [0, 0.05) is 24.2 Å². The van der Waals surface area contributed by atoms with Gasteiger partial charge in [0.15, 0.2) is 6.10 Å². The Balaban J connectivity index is 2.33. The Kier molecular flexibility index (Phi) is 7.77. The second-order valence-electron chi connectivity index (χ2n) is 6.61. The van der Waals surface area contributed by atoms with Gasteiger partial charge in [-0.25, -0.2) is 9.37 Å². The van der Waals surface area contributed by atoms with Crippen molar-refractivity contribution in [3.05, 3.63) is 58.1 Å². The quantitative estimate of drug-likeness (QED) is 0.313. The monoisotopic (exact) mass is 464 g/mol. The largest absolute Gasteiger partial charge is 0.453 e. The van der Waals surface area contributed by atoms with E-state index in [1.165, 1.54) is 31.3 Å². The Morgan fingerprint density at radius 3 is 2.55 bits per heavy atom. The summed E-state index contributed by atoms with van der Waals surface area (Å²) < 4.78 is 72.1. The lowest BCUT2D eigenvalue weighted by atomic mass is 9.91. The number of hydrogen-bond acceptors (Lipinski definition) is 4. The molecule has 4 N–H and O–H groups in total. The number of nitrogens with one attached hydrogen (secondary N) is 2. The number of amidine groups is 1. The molecule has 6 nitrogen and oxygen atoms in total. The number of pyridine rings is 1. The second-order valence-corrected chi connectivity index (χ2v) is 7.05. The minimum absolute atomic E-state index is 0.0121. The first-order valence-electron chi connectivity index (χ1n) is 8.78.